The molecule has 1 atom stereocenters. The van der Waals surface area contributed by atoms with Crippen LogP contribution in [0.4, 0.5) is 4.79 Å². The van der Waals surface area contributed by atoms with E-state index in [4.69, 9.17) is 25.8 Å². The van der Waals surface area contributed by atoms with Gasteiger partial charge in [0.1, 0.15) is 5.75 Å². The number of urea groups is 1. The first kappa shape index (κ1) is 22.7. The number of ether oxygens (including phenoxy) is 1. The Bertz CT molecular complexity index is 1380. The van der Waals surface area contributed by atoms with Crippen LogP contribution in [0.5, 0.6) is 5.75 Å². The lowest BCUT2D eigenvalue weighted by Gasteiger charge is -2.35. The van der Waals surface area contributed by atoms with Crippen LogP contribution in [-0.2, 0) is 6.54 Å². The van der Waals surface area contributed by atoms with Crippen molar-refractivity contribution in [1.29, 1.82) is 0 Å². The van der Waals surface area contributed by atoms with E-state index in [0.717, 1.165) is 33.7 Å². The summed E-state index contributed by atoms with van der Waals surface area (Å²) in [5.74, 6) is 1.54. The number of amides is 2. The second-order valence-corrected chi connectivity index (χ2v) is 8.60. The Kier molecular flexibility index (Phi) is 6.25. The smallest absolute Gasteiger partial charge is 0.322 e. The van der Waals surface area contributed by atoms with Crippen LogP contribution >= 0.6 is 11.6 Å². The first-order valence-electron chi connectivity index (χ1n) is 11.1. The molecule has 0 saturated carbocycles. The van der Waals surface area contributed by atoms with Gasteiger partial charge in [-0.15, -0.1) is 0 Å². The van der Waals surface area contributed by atoms with Crippen molar-refractivity contribution in [2.24, 2.45) is 0 Å². The average Bonchev–Trinajstić information content (AvgIpc) is 3.36. The molecule has 2 heterocycles. The average molecular weight is 487 g/mol. The fourth-order valence-electron chi connectivity index (χ4n) is 4.15. The number of hydrogen-bond donors (Lipinski definition) is 1. The SMILES string of the molecule is COc1ccc(-c2noc(C3=C(C)N(Cc4cccc(Cl)c4)C(=O)NC3c3ccccc3)n2)cc1. The third kappa shape index (κ3) is 4.63. The van der Waals surface area contributed by atoms with Crippen LogP contribution in [0.15, 0.2) is 89.1 Å². The molecule has 0 aliphatic carbocycles. The second kappa shape index (κ2) is 9.64. The van der Waals surface area contributed by atoms with E-state index in [9.17, 15) is 4.79 Å². The van der Waals surface area contributed by atoms with Crippen molar-refractivity contribution in [3.8, 4) is 17.1 Å². The van der Waals surface area contributed by atoms with E-state index in [1.807, 2.05) is 79.7 Å². The predicted molar refractivity (Wildman–Crippen MR) is 134 cm³/mol. The number of carbonyl (C=O) groups excluding carboxylic acids is 1. The molecule has 0 radical (unpaired) electrons. The summed E-state index contributed by atoms with van der Waals surface area (Å²) in [5, 5.41) is 7.94. The van der Waals surface area contributed by atoms with E-state index >= 15 is 0 Å². The zero-order chi connectivity index (χ0) is 24.4. The van der Waals surface area contributed by atoms with Gasteiger partial charge in [-0.05, 0) is 54.4 Å². The number of aromatic nitrogens is 2. The van der Waals surface area contributed by atoms with Gasteiger partial charge in [0.25, 0.3) is 5.89 Å². The Balaban J connectivity index is 1.57. The number of rotatable bonds is 6. The number of methoxy groups -OCH3 is 1. The number of halogens is 1. The first-order chi connectivity index (χ1) is 17.0. The molecular weight excluding hydrogens is 464 g/mol. The monoisotopic (exact) mass is 486 g/mol. The third-order valence-electron chi connectivity index (χ3n) is 5.96. The number of benzene rings is 3. The normalized spacial score (nSPS) is 15.8. The Hall–Kier alpha value is -4.10. The van der Waals surface area contributed by atoms with Crippen molar-refractivity contribution in [1.82, 2.24) is 20.4 Å². The van der Waals surface area contributed by atoms with Gasteiger partial charge >= 0.3 is 6.03 Å². The Labute approximate surface area is 208 Å². The van der Waals surface area contributed by atoms with Crippen molar-refractivity contribution >= 4 is 23.2 Å². The highest BCUT2D eigenvalue weighted by Crippen LogP contribution is 2.38. The van der Waals surface area contributed by atoms with Gasteiger partial charge in [0, 0.05) is 16.3 Å². The van der Waals surface area contributed by atoms with E-state index in [-0.39, 0.29) is 6.03 Å². The lowest BCUT2D eigenvalue weighted by atomic mass is 9.94. The minimum Gasteiger partial charge on any atom is -0.497 e. The third-order valence-corrected chi connectivity index (χ3v) is 6.20. The lowest BCUT2D eigenvalue weighted by Crippen LogP contribution is -2.45. The van der Waals surface area contributed by atoms with E-state index in [0.29, 0.717) is 23.3 Å². The van der Waals surface area contributed by atoms with Crippen molar-refractivity contribution in [3.63, 3.8) is 0 Å². The van der Waals surface area contributed by atoms with Gasteiger partial charge in [0.15, 0.2) is 0 Å². The van der Waals surface area contributed by atoms with Gasteiger partial charge < -0.3 is 14.6 Å². The molecule has 35 heavy (non-hydrogen) atoms. The second-order valence-electron chi connectivity index (χ2n) is 8.16. The standard InChI is InChI=1S/C27H23ClN4O3/c1-17-23(26-30-25(31-35-26)20-11-13-22(34-2)14-12-20)24(19-8-4-3-5-9-19)29-27(33)32(17)16-18-7-6-10-21(28)15-18/h3-15,24H,16H2,1-2H3,(H,29,33). The first-order valence-corrected chi connectivity index (χ1v) is 11.5. The molecule has 2 amide bonds. The minimum absolute atomic E-state index is 0.213. The quantitative estimate of drug-likeness (QED) is 0.356. The molecule has 4 aromatic rings. The maximum Gasteiger partial charge on any atom is 0.322 e. The van der Waals surface area contributed by atoms with Crippen LogP contribution in [0.2, 0.25) is 5.02 Å². The number of carbonyl (C=O) groups is 1. The summed E-state index contributed by atoms with van der Waals surface area (Å²) in [6.07, 6.45) is 0. The number of nitrogens with one attached hydrogen (secondary N) is 1. The molecule has 1 N–H and O–H groups in total. The summed E-state index contributed by atoms with van der Waals surface area (Å²) in [6, 6.07) is 24.0. The zero-order valence-corrected chi connectivity index (χ0v) is 20.0. The molecule has 1 aliphatic heterocycles. The van der Waals surface area contributed by atoms with E-state index in [2.05, 4.69) is 10.5 Å². The molecular formula is C27H23ClN4O3. The molecule has 3 aromatic carbocycles. The molecule has 0 spiro atoms. The van der Waals surface area contributed by atoms with Gasteiger partial charge in [0.05, 0.1) is 25.3 Å². The number of allylic oxidation sites excluding steroid dienone is 1. The van der Waals surface area contributed by atoms with Crippen LogP contribution < -0.4 is 10.1 Å². The van der Waals surface area contributed by atoms with Crippen molar-refractivity contribution in [2.45, 2.75) is 19.5 Å². The van der Waals surface area contributed by atoms with Crippen molar-refractivity contribution < 1.29 is 14.1 Å². The van der Waals surface area contributed by atoms with Gasteiger partial charge in [-0.25, -0.2) is 4.79 Å². The summed E-state index contributed by atoms with van der Waals surface area (Å²) in [7, 11) is 1.62. The van der Waals surface area contributed by atoms with E-state index < -0.39 is 6.04 Å². The highest BCUT2D eigenvalue weighted by atomic mass is 35.5. The molecule has 176 valence electrons. The molecule has 1 aromatic heterocycles. The Morgan fingerprint density at radius 1 is 1.06 bits per heavy atom. The fourth-order valence-corrected chi connectivity index (χ4v) is 4.37. The highest BCUT2D eigenvalue weighted by molar-refractivity contribution is 6.30. The molecule has 0 fully saturated rings. The van der Waals surface area contributed by atoms with Crippen LogP contribution in [0.25, 0.3) is 17.0 Å². The Morgan fingerprint density at radius 3 is 2.54 bits per heavy atom. The van der Waals surface area contributed by atoms with Crippen molar-refractivity contribution in [2.75, 3.05) is 7.11 Å². The van der Waals surface area contributed by atoms with Gasteiger partial charge in [-0.1, -0.05) is 59.2 Å². The Morgan fingerprint density at radius 2 is 1.83 bits per heavy atom. The molecule has 1 unspecified atom stereocenters. The molecule has 8 heteroatoms. The largest absolute Gasteiger partial charge is 0.497 e. The summed E-state index contributed by atoms with van der Waals surface area (Å²) in [4.78, 5) is 19.6. The predicted octanol–water partition coefficient (Wildman–Crippen LogP) is 6.10. The number of nitrogens with zero attached hydrogens (tertiary/aromatic N) is 3. The highest BCUT2D eigenvalue weighted by Gasteiger charge is 2.35. The molecule has 0 saturated heterocycles. The maximum absolute atomic E-state index is 13.2. The summed E-state index contributed by atoms with van der Waals surface area (Å²) in [5.41, 5.74) is 4.10. The van der Waals surface area contributed by atoms with Gasteiger partial charge in [0.2, 0.25) is 5.82 Å². The molecule has 0 bridgehead atoms. The topological polar surface area (TPSA) is 80.5 Å². The zero-order valence-electron chi connectivity index (χ0n) is 19.2. The van der Waals surface area contributed by atoms with E-state index in [1.165, 1.54) is 0 Å². The van der Waals surface area contributed by atoms with Crippen LogP contribution in [0.1, 0.15) is 30.0 Å². The minimum atomic E-state index is -0.441. The molecule has 1 aliphatic rings. The summed E-state index contributed by atoms with van der Waals surface area (Å²) in [6.45, 7) is 2.24. The van der Waals surface area contributed by atoms with Gasteiger partial charge in [-0.3, -0.25) is 4.90 Å². The summed E-state index contributed by atoms with van der Waals surface area (Å²) < 4.78 is 11.0. The number of hydrogen-bond acceptors (Lipinski definition) is 5. The van der Waals surface area contributed by atoms with Crippen LogP contribution in [0, 0.1) is 0 Å². The molecule has 7 nitrogen and oxygen atoms in total. The van der Waals surface area contributed by atoms with Gasteiger partial charge in [-0.2, -0.15) is 4.98 Å². The van der Waals surface area contributed by atoms with E-state index in [1.54, 1.807) is 18.1 Å². The van der Waals surface area contributed by atoms with Crippen molar-refractivity contribution in [3.05, 3.63) is 107 Å². The fraction of sp³-hybridized carbons (Fsp3) is 0.148. The molecule has 5 rings (SSSR count). The maximum atomic E-state index is 13.2. The van der Waals surface area contributed by atoms with Crippen LogP contribution in [-0.4, -0.2) is 28.2 Å². The lowest BCUT2D eigenvalue weighted by molar-refractivity contribution is 0.203. The summed E-state index contributed by atoms with van der Waals surface area (Å²) >= 11 is 6.17. The van der Waals surface area contributed by atoms with Crippen LogP contribution in [0.3, 0.4) is 0 Å².